The highest BCUT2D eigenvalue weighted by Gasteiger charge is 2.48. The molecule has 0 aromatic heterocycles. The average molecular weight is 1080 g/mol. The van der Waals surface area contributed by atoms with Crippen LogP contribution in [0.2, 0.25) is 0 Å². The molecule has 5 aromatic rings. The van der Waals surface area contributed by atoms with Crippen LogP contribution < -0.4 is 34.6 Å². The van der Waals surface area contributed by atoms with Gasteiger partial charge in [-0.05, 0) is 166 Å². The molecule has 4 aliphatic heterocycles. The normalized spacial score (nSPS) is 18.1. The monoisotopic (exact) mass is 1070 g/mol. The molecule has 5 aromatic carbocycles. The van der Waals surface area contributed by atoms with Gasteiger partial charge in [-0.3, -0.25) is 23.4 Å². The van der Waals surface area contributed by atoms with Crippen molar-refractivity contribution in [3.05, 3.63) is 141 Å². The van der Waals surface area contributed by atoms with Crippen molar-refractivity contribution < 1.29 is 46.0 Å². The van der Waals surface area contributed by atoms with Gasteiger partial charge in [0.1, 0.15) is 24.2 Å². The largest absolute Gasteiger partial charge is 0.493 e. The molecule has 14 nitrogen and oxygen atoms in total. The third-order valence-corrected chi connectivity index (χ3v) is 20.4. The van der Waals surface area contributed by atoms with E-state index in [0.717, 1.165) is 60.7 Å². The molecule has 0 fully saturated rings. The van der Waals surface area contributed by atoms with E-state index in [4.69, 9.17) is 18.4 Å². The van der Waals surface area contributed by atoms with Crippen molar-refractivity contribution in [2.45, 2.75) is 132 Å². The first-order chi connectivity index (χ1) is 35.9. The molecule has 0 radical (unpaired) electrons. The van der Waals surface area contributed by atoms with Gasteiger partial charge in [0.2, 0.25) is 11.8 Å². The molecule has 75 heavy (non-hydrogen) atoms. The minimum Gasteiger partial charge on any atom is -0.493 e. The average Bonchev–Trinajstić information content (AvgIpc) is 3.91. The predicted molar refractivity (Wildman–Crippen MR) is 297 cm³/mol. The molecule has 17 heteroatoms. The molecular formula is C58H66N4O10S3. The van der Waals surface area contributed by atoms with E-state index >= 15 is 0 Å². The molecule has 4 atom stereocenters. The highest BCUT2D eigenvalue weighted by Crippen LogP contribution is 2.45. The maximum absolute atomic E-state index is 14.4. The van der Waals surface area contributed by atoms with Crippen LogP contribution >= 0.6 is 21.6 Å². The highest BCUT2D eigenvalue weighted by atomic mass is 33.1. The molecule has 2 N–H and O–H groups in total. The minimum atomic E-state index is -4.08. The van der Waals surface area contributed by atoms with Crippen LogP contribution in [-0.2, 0) is 62.8 Å². The molecular weight excluding hydrogens is 1010 g/mol. The van der Waals surface area contributed by atoms with Crippen LogP contribution in [0, 0.1) is 6.92 Å². The van der Waals surface area contributed by atoms with E-state index in [1.807, 2.05) is 78.6 Å². The molecule has 0 spiro atoms. The second-order valence-electron chi connectivity index (χ2n) is 20.6. The van der Waals surface area contributed by atoms with Gasteiger partial charge in [0.15, 0.2) is 11.5 Å². The summed E-state index contributed by atoms with van der Waals surface area (Å²) in [7, 11) is 3.85. The van der Waals surface area contributed by atoms with Crippen molar-refractivity contribution in [2.75, 3.05) is 36.4 Å². The van der Waals surface area contributed by atoms with E-state index in [0.29, 0.717) is 88.2 Å². The zero-order chi connectivity index (χ0) is 53.2. The minimum absolute atomic E-state index is 0.0376. The summed E-state index contributed by atoms with van der Waals surface area (Å²) >= 11 is 0. The first-order valence-electron chi connectivity index (χ1n) is 25.7. The van der Waals surface area contributed by atoms with Crippen LogP contribution in [0.5, 0.6) is 17.2 Å². The third kappa shape index (κ3) is 11.9. The van der Waals surface area contributed by atoms with E-state index in [2.05, 4.69) is 37.5 Å². The Bertz CT molecular complexity index is 3130. The number of hydrogen-bond acceptors (Lipinski definition) is 12. The molecule has 2 unspecified atom stereocenters. The molecule has 0 aliphatic carbocycles. The number of ether oxygens (including phenoxy) is 3. The van der Waals surface area contributed by atoms with E-state index in [9.17, 15) is 27.6 Å². The van der Waals surface area contributed by atoms with Gasteiger partial charge >= 0.3 is 0 Å². The van der Waals surface area contributed by atoms with Gasteiger partial charge in [0, 0.05) is 64.1 Å². The fourth-order valence-corrected chi connectivity index (χ4v) is 14.7. The number of benzene rings is 5. The van der Waals surface area contributed by atoms with Crippen molar-refractivity contribution in [3.8, 4) is 17.2 Å². The molecule has 4 heterocycles. The number of aryl methyl sites for hydroxylation is 2. The Morgan fingerprint density at radius 3 is 2.09 bits per heavy atom. The number of nitrogens with one attached hydrogen (secondary N) is 2. The molecule has 4 aliphatic rings. The number of nitrogens with zero attached hydrogens (tertiary/aromatic N) is 2. The summed E-state index contributed by atoms with van der Waals surface area (Å²) in [6.45, 7) is 8.51. The molecule has 4 amide bonds. The Morgan fingerprint density at radius 1 is 0.760 bits per heavy atom. The number of anilines is 3. The highest BCUT2D eigenvalue weighted by molar-refractivity contribution is 8.77. The summed E-state index contributed by atoms with van der Waals surface area (Å²) < 4.78 is 51.1. The quantitative estimate of drug-likeness (QED) is 0.0560. The number of fused-ring (bicyclic) bond motifs is 8. The van der Waals surface area contributed by atoms with E-state index in [1.165, 1.54) is 5.56 Å². The van der Waals surface area contributed by atoms with Crippen LogP contribution in [0.25, 0.3) is 0 Å². The van der Waals surface area contributed by atoms with Gasteiger partial charge in [0.25, 0.3) is 21.9 Å². The first-order valence-corrected chi connectivity index (χ1v) is 29.3. The van der Waals surface area contributed by atoms with E-state index < -0.39 is 21.4 Å². The molecule has 396 valence electrons. The van der Waals surface area contributed by atoms with Crippen molar-refractivity contribution in [2.24, 2.45) is 0 Å². The van der Waals surface area contributed by atoms with Crippen LogP contribution in [0.15, 0.2) is 91.0 Å². The lowest BCUT2D eigenvalue weighted by molar-refractivity contribution is -0.120. The fourth-order valence-electron chi connectivity index (χ4n) is 10.8. The van der Waals surface area contributed by atoms with Crippen molar-refractivity contribution in [1.29, 1.82) is 0 Å². The number of hydrogen-bond donors (Lipinski definition) is 2. The number of amides is 4. The lowest BCUT2D eigenvalue weighted by Crippen LogP contribution is -2.47. The van der Waals surface area contributed by atoms with Crippen molar-refractivity contribution in [3.63, 3.8) is 0 Å². The number of rotatable bonds is 20. The Kier molecular flexibility index (Phi) is 16.3. The predicted octanol–water partition coefficient (Wildman–Crippen LogP) is 10.3. The third-order valence-electron chi connectivity index (χ3n) is 14.8. The summed E-state index contributed by atoms with van der Waals surface area (Å²) in [5.74, 6) is 0.983. The Hall–Kier alpha value is -6.01. The lowest BCUT2D eigenvalue weighted by Gasteiger charge is -2.28. The number of methoxy groups -OCH3 is 1. The lowest BCUT2D eigenvalue weighted by atomic mass is 9.97. The molecule has 0 saturated heterocycles. The maximum Gasteiger partial charge on any atom is 0.272 e. The second kappa shape index (κ2) is 22.7. The summed E-state index contributed by atoms with van der Waals surface area (Å²) in [6, 6.07) is 28.0. The maximum atomic E-state index is 14.4. The summed E-state index contributed by atoms with van der Waals surface area (Å²) in [6.07, 6.45) is 5.80. The van der Waals surface area contributed by atoms with E-state index in [1.54, 1.807) is 58.8 Å². The zero-order valence-electron chi connectivity index (χ0n) is 43.7. The SMILES string of the molecule is CNC(=O)CCC(C)SSC(C)(C)CCCC(=O)Nc1cc(COc2cc3c(cc2C)C(=O)N2c4ccccc4C[C@H]2C(S(=O)(=O)OC)C3)cc(COc2cc3c(cc2OC)C(=O)N2c4ccccc4C[C@H]2CC3)c1. The molecule has 0 bridgehead atoms. The zero-order valence-corrected chi connectivity index (χ0v) is 46.1. The van der Waals surface area contributed by atoms with Crippen LogP contribution in [-0.4, -0.2) is 80.6 Å². The Balaban J connectivity index is 0.944. The van der Waals surface area contributed by atoms with Crippen molar-refractivity contribution >= 4 is 72.4 Å². The fraction of sp³-hybridized carbons (Fsp3) is 0.414. The van der Waals surface area contributed by atoms with Gasteiger partial charge in [-0.2, -0.15) is 8.42 Å². The van der Waals surface area contributed by atoms with Crippen LogP contribution in [0.1, 0.15) is 119 Å². The molecule has 0 saturated carbocycles. The van der Waals surface area contributed by atoms with Crippen molar-refractivity contribution in [1.82, 2.24) is 5.32 Å². The van der Waals surface area contributed by atoms with Gasteiger partial charge < -0.3 is 34.6 Å². The standard InChI is InChI=1S/C58H66N4O10S3/c1-35-23-45-42(31-53(75(67,68)70-7)49-28-41-14-9-11-16-48(41)62(49)57(45)66)30-50(35)71-33-37-24-38(26-43(25-37)60-55(64)17-12-22-58(3,4)74-73-36(2)18-21-54(63)59-5)34-72-52-29-39-19-20-44-27-40-13-8-10-15-47(40)61(44)56(65)46(39)32-51(52)69-6/h8-11,13-16,23-26,29-30,32,36,44,49,53H,12,17-22,27-28,31,33-34H2,1-7H3,(H,59,63)(H,60,64)/t36?,44-,49+,53?/m1/s1. The van der Waals surface area contributed by atoms with Crippen LogP contribution in [0.4, 0.5) is 17.1 Å². The Labute approximate surface area is 448 Å². The van der Waals surface area contributed by atoms with Crippen LogP contribution in [0.3, 0.4) is 0 Å². The topological polar surface area (TPSA) is 170 Å². The Morgan fingerprint density at radius 2 is 1.40 bits per heavy atom. The summed E-state index contributed by atoms with van der Waals surface area (Å²) in [5, 5.41) is 5.09. The van der Waals surface area contributed by atoms with Gasteiger partial charge in [-0.25, -0.2) is 0 Å². The molecule has 9 rings (SSSR count). The number of para-hydroxylation sites is 2. The summed E-state index contributed by atoms with van der Waals surface area (Å²) in [5.41, 5.74) is 8.91. The first kappa shape index (κ1) is 53.8. The second-order valence-corrected chi connectivity index (χ2v) is 25.9. The smallest absolute Gasteiger partial charge is 0.272 e. The van der Waals surface area contributed by atoms with E-state index in [-0.39, 0.29) is 54.1 Å². The summed E-state index contributed by atoms with van der Waals surface area (Å²) in [4.78, 5) is 57.6. The number of carbonyl (C=O) groups is 4. The van der Waals surface area contributed by atoms with Gasteiger partial charge in [-0.15, -0.1) is 0 Å². The number of carbonyl (C=O) groups excluding carboxylic acids is 4. The van der Waals surface area contributed by atoms with Gasteiger partial charge in [-0.1, -0.05) is 64.9 Å². The van der Waals surface area contributed by atoms with Gasteiger partial charge in [0.05, 0.1) is 20.3 Å².